The number of hydrogen-bond acceptors (Lipinski definition) is 4. The highest BCUT2D eigenvalue weighted by molar-refractivity contribution is 5.70. The fourth-order valence-electron chi connectivity index (χ4n) is 3.08. The number of rotatable bonds is 2. The van der Waals surface area contributed by atoms with Gasteiger partial charge in [-0.05, 0) is 37.5 Å². The summed E-state index contributed by atoms with van der Waals surface area (Å²) in [4.78, 5) is 13.6. The third-order valence-corrected chi connectivity index (χ3v) is 4.08. The molecule has 1 N–H and O–H groups in total. The average molecular weight is 276 g/mol. The van der Waals surface area contributed by atoms with Gasteiger partial charge in [-0.3, -0.25) is 0 Å². The molecule has 2 aliphatic heterocycles. The quantitative estimate of drug-likeness (QED) is 0.898. The first-order chi connectivity index (χ1) is 9.62. The molecule has 5 nitrogen and oxygen atoms in total. The van der Waals surface area contributed by atoms with E-state index in [1.54, 1.807) is 7.11 Å². The number of hydrogen-bond donors (Lipinski definition) is 1. The largest absolute Gasteiger partial charge is 0.495 e. The zero-order chi connectivity index (χ0) is 14.2. The predicted octanol–water partition coefficient (Wildman–Crippen LogP) is 2.08. The molecule has 2 fully saturated rings. The molecule has 1 aromatic rings. The maximum absolute atomic E-state index is 11.4. The van der Waals surface area contributed by atoms with Crippen LogP contribution in [0.25, 0.3) is 0 Å². The molecule has 0 aromatic heterocycles. The molecule has 5 heteroatoms. The van der Waals surface area contributed by atoms with Gasteiger partial charge in [0.2, 0.25) is 0 Å². The molecule has 108 valence electrons. The van der Waals surface area contributed by atoms with Crippen LogP contribution in [0.1, 0.15) is 18.4 Å². The molecule has 1 unspecified atom stereocenters. The van der Waals surface area contributed by atoms with Gasteiger partial charge in [-0.2, -0.15) is 0 Å². The van der Waals surface area contributed by atoms with Crippen molar-refractivity contribution in [2.45, 2.75) is 25.4 Å². The molecule has 2 heterocycles. The van der Waals surface area contributed by atoms with Crippen LogP contribution in [0, 0.1) is 6.92 Å². The second-order valence-corrected chi connectivity index (χ2v) is 5.63. The average Bonchev–Trinajstić information content (AvgIpc) is 2.79. The fraction of sp³-hybridized carbons (Fsp3) is 0.533. The molecule has 0 aliphatic carbocycles. The van der Waals surface area contributed by atoms with Gasteiger partial charge < -0.3 is 19.7 Å². The zero-order valence-corrected chi connectivity index (χ0v) is 11.9. The Bertz CT molecular complexity index is 532. The second kappa shape index (κ2) is 4.89. The summed E-state index contributed by atoms with van der Waals surface area (Å²) >= 11 is 0. The topological polar surface area (TPSA) is 50.8 Å². The first kappa shape index (κ1) is 13.1. The molecule has 0 radical (unpaired) electrons. The normalized spacial score (nSPS) is 25.5. The molecular weight excluding hydrogens is 256 g/mol. The Labute approximate surface area is 118 Å². The molecule has 0 bridgehead atoms. The molecule has 20 heavy (non-hydrogen) atoms. The number of benzene rings is 1. The Morgan fingerprint density at radius 3 is 3.00 bits per heavy atom. The lowest BCUT2D eigenvalue weighted by Gasteiger charge is -2.39. The van der Waals surface area contributed by atoms with Gasteiger partial charge in [0, 0.05) is 6.54 Å². The van der Waals surface area contributed by atoms with E-state index in [1.165, 1.54) is 5.56 Å². The summed E-state index contributed by atoms with van der Waals surface area (Å²) in [5, 5.41) is 2.77. The van der Waals surface area contributed by atoms with E-state index in [2.05, 4.69) is 22.3 Å². The first-order valence-electron chi connectivity index (χ1n) is 6.98. The number of piperidine rings is 1. The third-order valence-electron chi connectivity index (χ3n) is 4.08. The van der Waals surface area contributed by atoms with Crippen LogP contribution in [-0.2, 0) is 4.74 Å². The minimum atomic E-state index is -0.384. The van der Waals surface area contributed by atoms with E-state index in [9.17, 15) is 4.79 Å². The van der Waals surface area contributed by atoms with Gasteiger partial charge in [0.05, 0.1) is 25.9 Å². The van der Waals surface area contributed by atoms with Gasteiger partial charge >= 0.3 is 6.09 Å². The number of nitrogens with zero attached hydrogens (tertiary/aromatic N) is 1. The number of carbonyl (C=O) groups excluding carboxylic acids is 1. The lowest BCUT2D eigenvalue weighted by atomic mass is 9.92. The van der Waals surface area contributed by atoms with E-state index in [0.717, 1.165) is 30.8 Å². The van der Waals surface area contributed by atoms with Gasteiger partial charge in [0.1, 0.15) is 11.4 Å². The van der Waals surface area contributed by atoms with E-state index in [1.807, 2.05) is 13.0 Å². The fourth-order valence-corrected chi connectivity index (χ4v) is 3.08. The van der Waals surface area contributed by atoms with E-state index in [4.69, 9.17) is 9.47 Å². The molecule has 2 saturated heterocycles. The lowest BCUT2D eigenvalue weighted by Crippen LogP contribution is -2.50. The number of nitrogens with one attached hydrogen (secondary N) is 1. The van der Waals surface area contributed by atoms with Crippen LogP contribution in [0.15, 0.2) is 18.2 Å². The van der Waals surface area contributed by atoms with Crippen molar-refractivity contribution in [1.29, 1.82) is 0 Å². The van der Waals surface area contributed by atoms with E-state index < -0.39 is 0 Å². The smallest absolute Gasteiger partial charge is 0.407 e. The first-order valence-corrected chi connectivity index (χ1v) is 6.98. The number of anilines is 1. The number of carbonyl (C=O) groups is 1. The highest BCUT2D eigenvalue weighted by Gasteiger charge is 2.44. The molecular formula is C15H20N2O3. The van der Waals surface area contributed by atoms with Gasteiger partial charge in [-0.1, -0.05) is 6.07 Å². The molecule has 3 rings (SSSR count). The van der Waals surface area contributed by atoms with Crippen molar-refractivity contribution in [2.24, 2.45) is 0 Å². The molecule has 2 aliphatic rings. The zero-order valence-electron chi connectivity index (χ0n) is 11.9. The van der Waals surface area contributed by atoms with Crippen molar-refractivity contribution in [3.05, 3.63) is 23.8 Å². The Kier molecular flexibility index (Phi) is 3.20. The summed E-state index contributed by atoms with van der Waals surface area (Å²) in [7, 11) is 1.69. The van der Waals surface area contributed by atoms with Crippen LogP contribution >= 0.6 is 0 Å². The van der Waals surface area contributed by atoms with Crippen LogP contribution < -0.4 is 15.0 Å². The van der Waals surface area contributed by atoms with Crippen LogP contribution in [-0.4, -0.2) is 38.4 Å². The Morgan fingerprint density at radius 2 is 2.30 bits per heavy atom. The van der Waals surface area contributed by atoms with Crippen LogP contribution in [0.4, 0.5) is 10.5 Å². The summed E-state index contributed by atoms with van der Waals surface area (Å²) in [6, 6.07) is 6.20. The summed E-state index contributed by atoms with van der Waals surface area (Å²) in [6.45, 7) is 4.31. The van der Waals surface area contributed by atoms with Crippen molar-refractivity contribution in [3.63, 3.8) is 0 Å². The minimum Gasteiger partial charge on any atom is -0.495 e. The van der Waals surface area contributed by atoms with Crippen LogP contribution in [0.3, 0.4) is 0 Å². The van der Waals surface area contributed by atoms with Gasteiger partial charge in [0.25, 0.3) is 0 Å². The van der Waals surface area contributed by atoms with E-state index >= 15 is 0 Å². The molecule has 0 saturated carbocycles. The molecule has 1 aromatic carbocycles. The van der Waals surface area contributed by atoms with Crippen LogP contribution in [0.5, 0.6) is 5.75 Å². The van der Waals surface area contributed by atoms with Gasteiger partial charge in [-0.15, -0.1) is 0 Å². The highest BCUT2D eigenvalue weighted by Crippen LogP contribution is 2.35. The molecule has 1 atom stereocenters. The second-order valence-electron chi connectivity index (χ2n) is 5.63. The Balaban J connectivity index is 1.85. The summed E-state index contributed by atoms with van der Waals surface area (Å²) in [5.41, 5.74) is 1.86. The Morgan fingerprint density at radius 1 is 1.45 bits per heavy atom. The number of alkyl carbamates (subject to hydrolysis) is 1. The Hall–Kier alpha value is -1.91. The maximum Gasteiger partial charge on any atom is 0.407 e. The van der Waals surface area contributed by atoms with Gasteiger partial charge in [-0.25, -0.2) is 4.79 Å². The van der Waals surface area contributed by atoms with Crippen molar-refractivity contribution in [1.82, 2.24) is 5.32 Å². The molecule has 1 amide bonds. The third kappa shape index (κ3) is 2.28. The van der Waals surface area contributed by atoms with Gasteiger partial charge in [0.15, 0.2) is 0 Å². The monoisotopic (exact) mass is 276 g/mol. The van der Waals surface area contributed by atoms with Crippen LogP contribution in [0.2, 0.25) is 0 Å². The number of aryl methyl sites for hydroxylation is 1. The number of methoxy groups -OCH3 is 1. The summed E-state index contributed by atoms with van der Waals surface area (Å²) in [5.74, 6) is 0.874. The summed E-state index contributed by atoms with van der Waals surface area (Å²) in [6.07, 6.45) is 1.62. The summed E-state index contributed by atoms with van der Waals surface area (Å²) < 4.78 is 11.0. The van der Waals surface area contributed by atoms with E-state index in [-0.39, 0.29) is 11.7 Å². The van der Waals surface area contributed by atoms with E-state index in [0.29, 0.717) is 13.1 Å². The standard InChI is InChI=1S/C15H20N2O3/c1-11-4-5-12(13(8-11)19-2)17-7-3-6-15(10-17)9-16-14(18)20-15/h4-5,8H,3,6-7,9-10H2,1-2H3,(H,16,18). The lowest BCUT2D eigenvalue weighted by molar-refractivity contribution is 0.0446. The van der Waals surface area contributed by atoms with Crippen molar-refractivity contribution < 1.29 is 14.3 Å². The number of amides is 1. The maximum atomic E-state index is 11.4. The minimum absolute atomic E-state index is 0.303. The SMILES string of the molecule is COc1cc(C)ccc1N1CCCC2(CNC(=O)O2)C1. The molecule has 1 spiro atoms. The number of ether oxygens (including phenoxy) is 2. The van der Waals surface area contributed by atoms with Crippen molar-refractivity contribution in [3.8, 4) is 5.75 Å². The predicted molar refractivity (Wildman–Crippen MR) is 76.4 cm³/mol. The van der Waals surface area contributed by atoms with Crippen molar-refractivity contribution >= 4 is 11.8 Å². The van der Waals surface area contributed by atoms with Crippen molar-refractivity contribution in [2.75, 3.05) is 31.6 Å². The highest BCUT2D eigenvalue weighted by atomic mass is 16.6.